The number of hydrazine groups is 1. The molecule has 0 spiro atoms. The van der Waals surface area contributed by atoms with E-state index in [4.69, 9.17) is 46.4 Å². The number of nitrogens with zero attached hydrogens (tertiary/aromatic N) is 3. The van der Waals surface area contributed by atoms with Crippen molar-refractivity contribution in [2.75, 3.05) is 12.9 Å². The van der Waals surface area contributed by atoms with E-state index in [0.29, 0.717) is 10.9 Å². The number of halogens is 4. The summed E-state index contributed by atoms with van der Waals surface area (Å²) < 4.78 is 0. The fourth-order valence-electron chi connectivity index (χ4n) is 2.70. The average molecular weight is 511 g/mol. The Morgan fingerprint density at radius 1 is 1.35 bits per heavy atom. The highest BCUT2D eigenvalue weighted by Gasteiger charge is 2.35. The van der Waals surface area contributed by atoms with Gasteiger partial charge in [0.25, 0.3) is 11.8 Å². The van der Waals surface area contributed by atoms with Gasteiger partial charge in [-0.2, -0.15) is 5.01 Å². The van der Waals surface area contributed by atoms with Gasteiger partial charge >= 0.3 is 0 Å². The molecule has 0 aromatic rings. The molecular formula is C20H27Cl4N5O2. The SMILES string of the molecule is C=CN=C(CCl)N1C(C(=O)NC(=C(C=C(C)Cl)C(=O)NC(C)C)C(C)Cl)=CC(Cl)N1C. The highest BCUT2D eigenvalue weighted by molar-refractivity contribution is 6.30. The third-order valence-corrected chi connectivity index (χ3v) is 4.95. The number of rotatable bonds is 8. The van der Waals surface area contributed by atoms with Gasteiger partial charge in [0.15, 0.2) is 0 Å². The minimum absolute atomic E-state index is 0.00934. The molecule has 0 aliphatic carbocycles. The Bertz CT molecular complexity index is 829. The number of amides is 2. The van der Waals surface area contributed by atoms with Gasteiger partial charge in [0.1, 0.15) is 17.0 Å². The highest BCUT2D eigenvalue weighted by atomic mass is 35.5. The van der Waals surface area contributed by atoms with Crippen molar-refractivity contribution < 1.29 is 9.59 Å². The Morgan fingerprint density at radius 2 is 1.97 bits per heavy atom. The van der Waals surface area contributed by atoms with Gasteiger partial charge in [0.2, 0.25) is 0 Å². The smallest absolute Gasteiger partial charge is 0.273 e. The standard InChI is InChI=1S/C20H27Cl4N5O2/c1-7-25-17(10-21)29-15(9-16(24)28(29)6)20(31)27-18(13(5)23)14(8-12(4)22)19(30)26-11(2)3/h7-9,11,13,16H,1,10H2,2-6H3,(H,26,30)(H,27,31). The van der Waals surface area contributed by atoms with Crippen molar-refractivity contribution >= 4 is 64.1 Å². The van der Waals surface area contributed by atoms with Gasteiger partial charge in [-0.1, -0.05) is 29.8 Å². The average Bonchev–Trinajstić information content (AvgIpc) is 2.96. The topological polar surface area (TPSA) is 77.0 Å². The lowest BCUT2D eigenvalue weighted by molar-refractivity contribution is -0.118. The molecule has 1 heterocycles. The predicted molar refractivity (Wildman–Crippen MR) is 129 cm³/mol. The van der Waals surface area contributed by atoms with Gasteiger partial charge in [-0.25, -0.2) is 4.99 Å². The maximum absolute atomic E-state index is 13.2. The van der Waals surface area contributed by atoms with Gasteiger partial charge in [-0.05, 0) is 39.8 Å². The fourth-order valence-corrected chi connectivity index (χ4v) is 3.38. The van der Waals surface area contributed by atoms with E-state index in [1.54, 1.807) is 25.9 Å². The second-order valence-corrected chi connectivity index (χ2v) is 8.89. The summed E-state index contributed by atoms with van der Waals surface area (Å²) in [5.41, 5.74) is -0.1000. The summed E-state index contributed by atoms with van der Waals surface area (Å²) in [5.74, 6) is -0.607. The number of carbonyl (C=O) groups is 2. The Hall–Kier alpha value is -1.51. The summed E-state index contributed by atoms with van der Waals surface area (Å²) in [4.78, 5) is 30.1. The van der Waals surface area contributed by atoms with Crippen LogP contribution in [0, 0.1) is 0 Å². The first-order valence-corrected chi connectivity index (χ1v) is 11.2. The number of likely N-dealkylation sites (N-methyl/N-ethyl adjacent to an activating group) is 1. The molecule has 0 aromatic heterocycles. The van der Waals surface area contributed by atoms with Crippen LogP contribution in [0.4, 0.5) is 0 Å². The van der Waals surface area contributed by atoms with E-state index < -0.39 is 22.7 Å². The molecular weight excluding hydrogens is 484 g/mol. The van der Waals surface area contributed by atoms with Crippen molar-refractivity contribution in [2.45, 2.75) is 44.6 Å². The maximum atomic E-state index is 13.2. The number of hydrogen-bond donors (Lipinski definition) is 2. The lowest BCUT2D eigenvalue weighted by atomic mass is 10.1. The predicted octanol–water partition coefficient (Wildman–Crippen LogP) is 4.04. The number of nitrogens with one attached hydrogen (secondary N) is 2. The Morgan fingerprint density at radius 3 is 2.42 bits per heavy atom. The van der Waals surface area contributed by atoms with Gasteiger partial charge in [0, 0.05) is 30.0 Å². The van der Waals surface area contributed by atoms with Crippen LogP contribution >= 0.6 is 46.4 Å². The molecule has 2 amide bonds. The van der Waals surface area contributed by atoms with Gasteiger partial charge in [-0.3, -0.25) is 14.6 Å². The van der Waals surface area contributed by atoms with Gasteiger partial charge < -0.3 is 10.6 Å². The Kier molecular flexibility index (Phi) is 11.1. The van der Waals surface area contributed by atoms with Crippen LogP contribution in [-0.2, 0) is 9.59 Å². The number of aliphatic imine (C=N–C) groups is 1. The van der Waals surface area contributed by atoms with Gasteiger partial charge in [0.05, 0.1) is 16.8 Å². The third kappa shape index (κ3) is 7.54. The number of alkyl halides is 3. The molecule has 0 aromatic carbocycles. The molecule has 7 nitrogen and oxygen atoms in total. The molecule has 2 N–H and O–H groups in total. The molecule has 1 aliphatic rings. The number of allylic oxidation sites excluding steroid dienone is 2. The minimum Gasteiger partial charge on any atom is -0.350 e. The van der Waals surface area contributed by atoms with E-state index in [0.717, 1.165) is 0 Å². The van der Waals surface area contributed by atoms with Crippen molar-refractivity contribution in [3.63, 3.8) is 0 Å². The first-order valence-electron chi connectivity index (χ1n) is 9.41. The zero-order chi connectivity index (χ0) is 23.9. The molecule has 0 bridgehead atoms. The molecule has 0 saturated carbocycles. The third-order valence-electron chi connectivity index (χ3n) is 3.98. The molecule has 1 aliphatic heterocycles. The van der Waals surface area contributed by atoms with E-state index in [1.807, 2.05) is 13.8 Å². The lowest BCUT2D eigenvalue weighted by Crippen LogP contribution is -2.46. The zero-order valence-electron chi connectivity index (χ0n) is 18.0. The maximum Gasteiger partial charge on any atom is 0.273 e. The Balaban J connectivity index is 3.45. The van der Waals surface area contributed by atoms with Crippen molar-refractivity contribution in [3.8, 4) is 0 Å². The van der Waals surface area contributed by atoms with Crippen LogP contribution in [-0.4, -0.2) is 57.5 Å². The molecule has 1 rings (SSSR count). The summed E-state index contributed by atoms with van der Waals surface area (Å²) in [5, 5.41) is 8.23. The highest BCUT2D eigenvalue weighted by Crippen LogP contribution is 2.26. The number of carbonyl (C=O) groups excluding carboxylic acids is 2. The summed E-state index contributed by atoms with van der Waals surface area (Å²) in [6.45, 7) is 10.5. The van der Waals surface area contributed by atoms with E-state index >= 15 is 0 Å². The number of hydrogen-bond acceptors (Lipinski definition) is 4. The zero-order valence-corrected chi connectivity index (χ0v) is 21.1. The van der Waals surface area contributed by atoms with Crippen LogP contribution in [0.3, 0.4) is 0 Å². The normalized spacial score (nSPS) is 19.7. The van der Waals surface area contributed by atoms with E-state index in [-0.39, 0.29) is 28.9 Å². The molecule has 2 atom stereocenters. The van der Waals surface area contributed by atoms with Crippen LogP contribution in [0.1, 0.15) is 27.7 Å². The van der Waals surface area contributed by atoms with Crippen LogP contribution in [0.15, 0.2) is 51.9 Å². The second-order valence-electron chi connectivity index (χ2n) is 6.93. The molecule has 31 heavy (non-hydrogen) atoms. The summed E-state index contributed by atoms with van der Waals surface area (Å²) in [6.07, 6.45) is 4.31. The van der Waals surface area contributed by atoms with Crippen molar-refractivity contribution in [2.24, 2.45) is 4.99 Å². The number of amidine groups is 1. The van der Waals surface area contributed by atoms with Gasteiger partial charge in [-0.15, -0.1) is 23.2 Å². The van der Waals surface area contributed by atoms with Crippen molar-refractivity contribution in [1.29, 1.82) is 0 Å². The van der Waals surface area contributed by atoms with E-state index in [9.17, 15) is 9.59 Å². The Labute approximate surface area is 203 Å². The molecule has 0 saturated heterocycles. The molecule has 0 radical (unpaired) electrons. The summed E-state index contributed by atoms with van der Waals surface area (Å²) >= 11 is 24.7. The minimum atomic E-state index is -0.710. The van der Waals surface area contributed by atoms with E-state index in [1.165, 1.54) is 23.4 Å². The first-order chi connectivity index (χ1) is 14.4. The molecule has 11 heteroatoms. The fraction of sp³-hybridized carbons (Fsp3) is 0.450. The molecule has 0 fully saturated rings. The van der Waals surface area contributed by atoms with Crippen LogP contribution in [0.25, 0.3) is 0 Å². The van der Waals surface area contributed by atoms with Crippen LogP contribution in [0.2, 0.25) is 0 Å². The first kappa shape index (κ1) is 27.5. The summed E-state index contributed by atoms with van der Waals surface area (Å²) in [7, 11) is 1.68. The van der Waals surface area contributed by atoms with E-state index in [2.05, 4.69) is 22.2 Å². The summed E-state index contributed by atoms with van der Waals surface area (Å²) in [6, 6.07) is -0.130. The van der Waals surface area contributed by atoms with Crippen LogP contribution in [0.5, 0.6) is 0 Å². The van der Waals surface area contributed by atoms with Crippen molar-refractivity contribution in [1.82, 2.24) is 20.7 Å². The lowest BCUT2D eigenvalue weighted by Gasteiger charge is -2.30. The quantitative estimate of drug-likeness (QED) is 0.129. The largest absolute Gasteiger partial charge is 0.350 e. The monoisotopic (exact) mass is 509 g/mol. The van der Waals surface area contributed by atoms with Crippen LogP contribution < -0.4 is 10.6 Å². The molecule has 172 valence electrons. The van der Waals surface area contributed by atoms with Crippen molar-refractivity contribution in [3.05, 3.63) is 46.9 Å². The molecule has 2 unspecified atom stereocenters. The second kappa shape index (κ2) is 12.5.